The Bertz CT molecular complexity index is 375. The van der Waals surface area contributed by atoms with E-state index >= 15 is 0 Å². The molecule has 1 unspecified atom stereocenters. The molecule has 1 rings (SSSR count). The van der Waals surface area contributed by atoms with Gasteiger partial charge in [-0.2, -0.15) is 4.68 Å². The van der Waals surface area contributed by atoms with E-state index in [0.29, 0.717) is 6.42 Å². The van der Waals surface area contributed by atoms with E-state index in [1.807, 2.05) is 5.43 Å². The van der Waals surface area contributed by atoms with Crippen molar-refractivity contribution in [2.45, 2.75) is 19.4 Å². The van der Waals surface area contributed by atoms with Gasteiger partial charge in [0.05, 0.1) is 0 Å². The number of nitrogens with one attached hydrogen (secondary N) is 1. The van der Waals surface area contributed by atoms with Crippen molar-refractivity contribution >= 4 is 11.9 Å². The summed E-state index contributed by atoms with van der Waals surface area (Å²) < 4.78 is 1.11. The Morgan fingerprint density at radius 1 is 1.87 bits per heavy atom. The molecule has 0 aliphatic heterocycles. The second kappa shape index (κ2) is 4.46. The van der Waals surface area contributed by atoms with Crippen molar-refractivity contribution in [1.82, 2.24) is 20.2 Å². The minimum Gasteiger partial charge on any atom is -0.390 e. The van der Waals surface area contributed by atoms with Crippen molar-refractivity contribution in [2.75, 3.05) is 0 Å². The van der Waals surface area contributed by atoms with Crippen LogP contribution in [0, 0.1) is 10.1 Å². The number of aromatic nitrogens is 3. The highest BCUT2D eigenvalue weighted by Crippen LogP contribution is 2.11. The molecule has 0 spiro atoms. The predicted molar refractivity (Wildman–Crippen MR) is 48.3 cm³/mol. The van der Waals surface area contributed by atoms with Gasteiger partial charge >= 0.3 is 5.95 Å². The quantitative estimate of drug-likeness (QED) is 0.290. The van der Waals surface area contributed by atoms with Crippen LogP contribution in [0.15, 0.2) is 6.33 Å². The molecule has 1 aromatic rings. The number of rotatable bonds is 4. The largest absolute Gasteiger partial charge is 0.490 e. The maximum absolute atomic E-state index is 11.2. The van der Waals surface area contributed by atoms with Crippen LogP contribution in [0.3, 0.4) is 0 Å². The molecule has 0 saturated heterocycles. The second-order valence-electron chi connectivity index (χ2n) is 2.71. The van der Waals surface area contributed by atoms with E-state index in [0.717, 1.165) is 11.0 Å². The van der Waals surface area contributed by atoms with Crippen LogP contribution < -0.4 is 11.3 Å². The first-order valence-electron chi connectivity index (χ1n) is 4.16. The lowest BCUT2D eigenvalue weighted by molar-refractivity contribution is -0.394. The maximum Gasteiger partial charge on any atom is 0.490 e. The molecule has 1 heterocycles. The standard InChI is InChI=1S/C6H10N6O3/c1-2-4(5(13)9-7)11-3-8-6(10-11)12(14)15/h3-4H,2,7H2,1H3,(H,9,13). The van der Waals surface area contributed by atoms with Gasteiger partial charge in [0.1, 0.15) is 6.04 Å². The predicted octanol–water partition coefficient (Wildman–Crippen LogP) is -0.873. The molecule has 1 aromatic heterocycles. The van der Waals surface area contributed by atoms with E-state index < -0.39 is 22.8 Å². The molecule has 0 aliphatic carbocycles. The van der Waals surface area contributed by atoms with Crippen molar-refractivity contribution < 1.29 is 9.72 Å². The molecule has 0 bridgehead atoms. The average Bonchev–Trinajstić information content (AvgIpc) is 2.68. The normalized spacial score (nSPS) is 12.1. The van der Waals surface area contributed by atoms with Crippen LogP contribution in [0.4, 0.5) is 5.95 Å². The molecule has 3 N–H and O–H groups in total. The van der Waals surface area contributed by atoms with Crippen LogP contribution in [-0.4, -0.2) is 25.6 Å². The van der Waals surface area contributed by atoms with Gasteiger partial charge in [-0.3, -0.25) is 10.2 Å². The lowest BCUT2D eigenvalue weighted by atomic mass is 10.2. The molecule has 0 aliphatic rings. The van der Waals surface area contributed by atoms with Crippen molar-refractivity contribution in [2.24, 2.45) is 5.84 Å². The van der Waals surface area contributed by atoms with Gasteiger partial charge in [0.15, 0.2) is 0 Å². The highest BCUT2D eigenvalue weighted by molar-refractivity contribution is 5.79. The Balaban J connectivity index is 2.92. The fraction of sp³-hybridized carbons (Fsp3) is 0.500. The molecule has 82 valence electrons. The van der Waals surface area contributed by atoms with E-state index in [2.05, 4.69) is 10.1 Å². The van der Waals surface area contributed by atoms with Crippen molar-refractivity contribution in [1.29, 1.82) is 0 Å². The number of nitrogens with two attached hydrogens (primary N) is 1. The van der Waals surface area contributed by atoms with Crippen molar-refractivity contribution in [3.8, 4) is 0 Å². The van der Waals surface area contributed by atoms with Crippen LogP contribution in [0.5, 0.6) is 0 Å². The lowest BCUT2D eigenvalue weighted by Gasteiger charge is -2.08. The van der Waals surface area contributed by atoms with E-state index in [-0.39, 0.29) is 0 Å². The molecule has 9 heteroatoms. The average molecular weight is 214 g/mol. The second-order valence-corrected chi connectivity index (χ2v) is 2.71. The summed E-state index contributed by atoms with van der Waals surface area (Å²) in [5.74, 6) is 3.94. The van der Waals surface area contributed by atoms with Crippen molar-refractivity contribution in [3.63, 3.8) is 0 Å². The zero-order chi connectivity index (χ0) is 11.4. The maximum atomic E-state index is 11.2. The zero-order valence-electron chi connectivity index (χ0n) is 7.95. The van der Waals surface area contributed by atoms with Gasteiger partial charge in [-0.25, -0.2) is 5.84 Å². The first-order valence-corrected chi connectivity index (χ1v) is 4.16. The molecular weight excluding hydrogens is 204 g/mol. The Morgan fingerprint density at radius 3 is 2.93 bits per heavy atom. The Hall–Kier alpha value is -2.03. The van der Waals surface area contributed by atoms with Crippen LogP contribution in [0.25, 0.3) is 0 Å². The number of hydrogen-bond donors (Lipinski definition) is 2. The first kappa shape index (κ1) is 11.0. The van der Waals surface area contributed by atoms with Crippen molar-refractivity contribution in [3.05, 3.63) is 16.4 Å². The van der Waals surface area contributed by atoms with Crippen LogP contribution in [0.1, 0.15) is 19.4 Å². The smallest absolute Gasteiger partial charge is 0.390 e. The fourth-order valence-corrected chi connectivity index (χ4v) is 1.09. The molecule has 1 amide bonds. The third kappa shape index (κ3) is 2.26. The highest BCUT2D eigenvalue weighted by atomic mass is 16.6. The monoisotopic (exact) mass is 214 g/mol. The third-order valence-corrected chi connectivity index (χ3v) is 1.81. The Morgan fingerprint density at radius 2 is 2.53 bits per heavy atom. The van der Waals surface area contributed by atoms with Crippen LogP contribution in [0.2, 0.25) is 0 Å². The first-order chi connectivity index (χ1) is 7.10. The van der Waals surface area contributed by atoms with Gasteiger partial charge in [-0.05, 0) is 11.3 Å². The Labute approximate surface area is 84.4 Å². The molecule has 0 saturated carbocycles. The number of hydrazine groups is 1. The Kier molecular flexibility index (Phi) is 3.29. The fourth-order valence-electron chi connectivity index (χ4n) is 1.09. The summed E-state index contributed by atoms with van der Waals surface area (Å²) in [6, 6.07) is -0.684. The highest BCUT2D eigenvalue weighted by Gasteiger charge is 2.24. The molecular formula is C6H10N6O3. The molecule has 0 aromatic carbocycles. The molecule has 0 radical (unpaired) electrons. The summed E-state index contributed by atoms with van der Waals surface area (Å²) in [4.78, 5) is 24.2. The summed E-state index contributed by atoms with van der Waals surface area (Å²) in [6.45, 7) is 1.73. The van der Waals surface area contributed by atoms with Gasteiger partial charge < -0.3 is 10.1 Å². The minimum atomic E-state index is -0.733. The molecule has 15 heavy (non-hydrogen) atoms. The van der Waals surface area contributed by atoms with Gasteiger partial charge in [0, 0.05) is 5.10 Å². The number of amides is 1. The topological polar surface area (TPSA) is 129 Å². The lowest BCUT2D eigenvalue weighted by Crippen LogP contribution is -2.37. The number of carbonyl (C=O) groups excluding carboxylic acids is 1. The summed E-state index contributed by atoms with van der Waals surface area (Å²) in [5.41, 5.74) is 1.96. The zero-order valence-corrected chi connectivity index (χ0v) is 7.95. The SMILES string of the molecule is CCC(C(=O)NN)n1cnc([N+](=O)[O-])n1. The van der Waals surface area contributed by atoms with Gasteiger partial charge in [-0.15, -0.1) is 0 Å². The number of nitrogens with zero attached hydrogens (tertiary/aromatic N) is 4. The summed E-state index contributed by atoms with van der Waals surface area (Å²) in [7, 11) is 0. The number of hydrogen-bond acceptors (Lipinski definition) is 6. The number of carbonyl (C=O) groups is 1. The third-order valence-electron chi connectivity index (χ3n) is 1.81. The van der Waals surface area contributed by atoms with Gasteiger partial charge in [-0.1, -0.05) is 11.9 Å². The summed E-state index contributed by atoms with van der Waals surface area (Å²) >= 11 is 0. The van der Waals surface area contributed by atoms with Gasteiger partial charge in [0.2, 0.25) is 6.33 Å². The summed E-state index contributed by atoms with van der Waals surface area (Å²) in [6.07, 6.45) is 1.53. The minimum absolute atomic E-state index is 0.406. The van der Waals surface area contributed by atoms with Crippen LogP contribution in [-0.2, 0) is 4.79 Å². The molecule has 9 nitrogen and oxygen atoms in total. The summed E-state index contributed by atoms with van der Waals surface area (Å²) in [5, 5.41) is 13.8. The van der Waals surface area contributed by atoms with Gasteiger partial charge in [0.25, 0.3) is 5.91 Å². The van der Waals surface area contributed by atoms with E-state index in [1.165, 1.54) is 0 Å². The molecule has 0 fully saturated rings. The van der Waals surface area contributed by atoms with E-state index in [9.17, 15) is 14.9 Å². The number of nitro groups is 1. The van der Waals surface area contributed by atoms with Crippen LogP contribution >= 0.6 is 0 Å². The molecule has 1 atom stereocenters. The van der Waals surface area contributed by atoms with E-state index in [4.69, 9.17) is 5.84 Å². The van der Waals surface area contributed by atoms with E-state index in [1.54, 1.807) is 6.92 Å².